The fraction of sp³-hybridized carbons (Fsp3) is 0.130. The molecule has 4 aromatic rings. The molecule has 3 aromatic heterocycles. The molecule has 1 fully saturated rings. The summed E-state index contributed by atoms with van der Waals surface area (Å²) in [4.78, 5) is 23.8. The molecule has 164 valence electrons. The molecule has 9 nitrogen and oxygen atoms in total. The summed E-state index contributed by atoms with van der Waals surface area (Å²) in [5.74, 6) is 0.519. The standard InChI is InChI=1S/C23H18N6O3S/c24-12-16-5-8-18(13-26-16)29(33(31)32)17-6-3-14(4-7-17)20-11-21(28-23(30)15-1-2-15)27-22-19(20)9-10-25-22/h3-11,13,15H,1-2H2,(H,31,32)(H2,25,27,28,30). The van der Waals surface area contributed by atoms with Crippen molar-refractivity contribution < 1.29 is 13.6 Å². The molecule has 3 N–H and O–H groups in total. The van der Waals surface area contributed by atoms with Gasteiger partial charge in [-0.05, 0) is 60.4 Å². The number of fused-ring (bicyclic) bond motifs is 1. The maximum absolute atomic E-state index is 12.2. The lowest BCUT2D eigenvalue weighted by atomic mass is 10.0. The molecule has 1 aromatic carbocycles. The maximum Gasteiger partial charge on any atom is 0.266 e. The number of anilines is 3. The normalized spacial score (nSPS) is 13.9. The van der Waals surface area contributed by atoms with E-state index < -0.39 is 11.3 Å². The first-order chi connectivity index (χ1) is 16.0. The Balaban J connectivity index is 1.49. The van der Waals surface area contributed by atoms with Gasteiger partial charge in [-0.1, -0.05) is 12.1 Å². The second kappa shape index (κ2) is 8.46. The van der Waals surface area contributed by atoms with E-state index in [0.717, 1.165) is 29.4 Å². The Morgan fingerprint density at radius 2 is 1.94 bits per heavy atom. The molecule has 1 aliphatic carbocycles. The number of aromatic nitrogens is 3. The highest BCUT2D eigenvalue weighted by atomic mass is 32.2. The predicted octanol–water partition coefficient (Wildman–Crippen LogP) is 4.12. The summed E-state index contributed by atoms with van der Waals surface area (Å²) >= 11 is -2.34. The van der Waals surface area contributed by atoms with Crippen LogP contribution in [0.4, 0.5) is 17.2 Å². The van der Waals surface area contributed by atoms with Crippen LogP contribution in [0.2, 0.25) is 0 Å². The molecule has 0 aliphatic heterocycles. The third kappa shape index (κ3) is 4.19. The van der Waals surface area contributed by atoms with E-state index in [9.17, 15) is 13.6 Å². The van der Waals surface area contributed by atoms with E-state index in [0.29, 0.717) is 22.8 Å². The molecule has 0 bridgehead atoms. The van der Waals surface area contributed by atoms with Crippen LogP contribution in [0.3, 0.4) is 0 Å². The van der Waals surface area contributed by atoms with Crippen molar-refractivity contribution in [3.8, 4) is 17.2 Å². The van der Waals surface area contributed by atoms with Crippen LogP contribution in [0.5, 0.6) is 0 Å². The van der Waals surface area contributed by atoms with Crippen LogP contribution < -0.4 is 9.62 Å². The molecule has 1 amide bonds. The van der Waals surface area contributed by atoms with Crippen molar-refractivity contribution in [3.63, 3.8) is 0 Å². The Kier molecular flexibility index (Phi) is 5.34. The van der Waals surface area contributed by atoms with Gasteiger partial charge in [0.1, 0.15) is 23.2 Å². The van der Waals surface area contributed by atoms with Crippen molar-refractivity contribution in [2.75, 3.05) is 9.62 Å². The van der Waals surface area contributed by atoms with Gasteiger partial charge in [0, 0.05) is 17.5 Å². The Bertz CT molecular complexity index is 1410. The number of carbonyl (C=O) groups is 1. The molecule has 1 saturated carbocycles. The molecule has 1 aliphatic rings. The van der Waals surface area contributed by atoms with Crippen LogP contribution in [0.1, 0.15) is 18.5 Å². The quantitative estimate of drug-likeness (QED) is 0.372. The minimum absolute atomic E-state index is 0.0215. The lowest BCUT2D eigenvalue weighted by Gasteiger charge is -2.20. The lowest BCUT2D eigenvalue weighted by Crippen LogP contribution is -2.19. The molecule has 0 saturated heterocycles. The Morgan fingerprint density at radius 1 is 1.18 bits per heavy atom. The van der Waals surface area contributed by atoms with Gasteiger partial charge in [0.25, 0.3) is 11.3 Å². The summed E-state index contributed by atoms with van der Waals surface area (Å²) in [6.07, 6.45) is 4.98. The zero-order valence-corrected chi connectivity index (χ0v) is 18.0. The fourth-order valence-electron chi connectivity index (χ4n) is 3.59. The van der Waals surface area contributed by atoms with Gasteiger partial charge < -0.3 is 10.3 Å². The summed E-state index contributed by atoms with van der Waals surface area (Å²) in [7, 11) is 0. The Hall–Kier alpha value is -4.07. The van der Waals surface area contributed by atoms with Gasteiger partial charge >= 0.3 is 0 Å². The van der Waals surface area contributed by atoms with Gasteiger partial charge in [0.15, 0.2) is 0 Å². The van der Waals surface area contributed by atoms with Crippen molar-refractivity contribution >= 4 is 45.4 Å². The number of rotatable bonds is 6. The first-order valence-electron chi connectivity index (χ1n) is 10.2. The summed E-state index contributed by atoms with van der Waals surface area (Å²) in [5, 5.41) is 12.7. The molecule has 1 unspecified atom stereocenters. The zero-order chi connectivity index (χ0) is 22.9. The van der Waals surface area contributed by atoms with E-state index in [-0.39, 0.29) is 17.5 Å². The average molecular weight is 459 g/mol. The van der Waals surface area contributed by atoms with Crippen molar-refractivity contribution in [1.29, 1.82) is 5.26 Å². The minimum Gasteiger partial charge on any atom is -0.346 e. The maximum atomic E-state index is 12.2. The molecular formula is C23H18N6O3S. The van der Waals surface area contributed by atoms with E-state index in [2.05, 4.69) is 20.3 Å². The molecule has 33 heavy (non-hydrogen) atoms. The smallest absolute Gasteiger partial charge is 0.266 e. The highest BCUT2D eigenvalue weighted by Crippen LogP contribution is 2.34. The summed E-state index contributed by atoms with van der Waals surface area (Å²) in [6, 6.07) is 15.8. The van der Waals surface area contributed by atoms with Gasteiger partial charge in [-0.2, -0.15) is 5.26 Å². The highest BCUT2D eigenvalue weighted by molar-refractivity contribution is 7.81. The van der Waals surface area contributed by atoms with E-state index in [1.807, 2.05) is 30.3 Å². The molecule has 1 atom stereocenters. The van der Waals surface area contributed by atoms with Crippen LogP contribution >= 0.6 is 0 Å². The number of benzene rings is 1. The van der Waals surface area contributed by atoms with Crippen LogP contribution in [0.15, 0.2) is 60.9 Å². The molecule has 5 rings (SSSR count). The monoisotopic (exact) mass is 458 g/mol. The summed E-state index contributed by atoms with van der Waals surface area (Å²) < 4.78 is 23.1. The number of nitrogens with one attached hydrogen (secondary N) is 2. The van der Waals surface area contributed by atoms with Crippen LogP contribution in [0.25, 0.3) is 22.2 Å². The van der Waals surface area contributed by atoms with Crippen molar-refractivity contribution in [2.45, 2.75) is 12.8 Å². The number of pyridine rings is 2. The van der Waals surface area contributed by atoms with Crippen LogP contribution in [-0.4, -0.2) is 29.6 Å². The average Bonchev–Trinajstić information content (AvgIpc) is 3.57. The molecule has 0 radical (unpaired) electrons. The number of carbonyl (C=O) groups excluding carboxylic acids is 1. The van der Waals surface area contributed by atoms with Gasteiger partial charge in [-0.15, -0.1) is 0 Å². The van der Waals surface area contributed by atoms with Crippen molar-refractivity contribution in [1.82, 2.24) is 15.0 Å². The molecule has 3 heterocycles. The third-order valence-electron chi connectivity index (χ3n) is 5.39. The van der Waals surface area contributed by atoms with E-state index in [1.54, 1.807) is 24.4 Å². The number of nitrogens with zero attached hydrogens (tertiary/aromatic N) is 4. The van der Waals surface area contributed by atoms with Crippen LogP contribution in [0, 0.1) is 17.2 Å². The summed E-state index contributed by atoms with van der Waals surface area (Å²) in [5.41, 5.74) is 3.46. The predicted molar refractivity (Wildman–Crippen MR) is 125 cm³/mol. The second-order valence-electron chi connectivity index (χ2n) is 7.64. The number of hydrogen-bond acceptors (Lipinski definition) is 5. The molecule has 10 heteroatoms. The Morgan fingerprint density at radius 3 is 2.58 bits per heavy atom. The van der Waals surface area contributed by atoms with Gasteiger partial charge in [-0.3, -0.25) is 9.35 Å². The number of aromatic amines is 1. The van der Waals surface area contributed by atoms with Crippen LogP contribution in [-0.2, 0) is 16.1 Å². The van der Waals surface area contributed by atoms with E-state index in [4.69, 9.17) is 5.26 Å². The number of hydrogen-bond donors (Lipinski definition) is 3. The van der Waals surface area contributed by atoms with E-state index in [1.165, 1.54) is 16.6 Å². The SMILES string of the molecule is N#Cc1ccc(N(c2ccc(-c3cc(NC(=O)C4CC4)nc4[nH]ccc34)cc2)S(=O)O)cn1. The largest absolute Gasteiger partial charge is 0.346 e. The van der Waals surface area contributed by atoms with Gasteiger partial charge in [-0.25, -0.2) is 18.5 Å². The van der Waals surface area contributed by atoms with Crippen molar-refractivity contribution in [2.24, 2.45) is 5.92 Å². The van der Waals surface area contributed by atoms with Gasteiger partial charge in [0.2, 0.25) is 5.91 Å². The number of nitriles is 1. The first-order valence-corrected chi connectivity index (χ1v) is 11.3. The highest BCUT2D eigenvalue weighted by Gasteiger charge is 2.30. The fourth-order valence-corrected chi connectivity index (χ4v) is 4.18. The minimum atomic E-state index is -2.34. The number of amides is 1. The topological polar surface area (TPSA) is 135 Å². The molecule has 0 spiro atoms. The van der Waals surface area contributed by atoms with Crippen molar-refractivity contribution in [3.05, 3.63) is 66.6 Å². The second-order valence-corrected chi connectivity index (χ2v) is 8.47. The zero-order valence-electron chi connectivity index (χ0n) is 17.2. The summed E-state index contributed by atoms with van der Waals surface area (Å²) in [6.45, 7) is 0. The lowest BCUT2D eigenvalue weighted by molar-refractivity contribution is -0.117. The first kappa shape index (κ1) is 20.8. The number of H-pyrrole nitrogens is 1. The third-order valence-corrected chi connectivity index (χ3v) is 6.13. The Labute approximate surface area is 191 Å². The molecular weight excluding hydrogens is 440 g/mol. The van der Waals surface area contributed by atoms with Gasteiger partial charge in [0.05, 0.1) is 17.6 Å². The van der Waals surface area contributed by atoms with E-state index >= 15 is 0 Å².